The minimum absolute atomic E-state index is 0.0867. The van der Waals surface area contributed by atoms with Gasteiger partial charge in [-0.15, -0.1) is 0 Å². The molecule has 1 saturated heterocycles. The van der Waals surface area contributed by atoms with Gasteiger partial charge in [0, 0.05) is 13.0 Å². The molecule has 0 saturated carbocycles. The lowest BCUT2D eigenvalue weighted by Gasteiger charge is -2.16. The zero-order chi connectivity index (χ0) is 13.6. The Morgan fingerprint density at radius 2 is 2.11 bits per heavy atom. The van der Waals surface area contributed by atoms with Gasteiger partial charge >= 0.3 is 5.97 Å². The van der Waals surface area contributed by atoms with Crippen LogP contribution in [0.15, 0.2) is 0 Å². The first-order valence-electron chi connectivity index (χ1n) is 6.03. The minimum atomic E-state index is -0.753. The van der Waals surface area contributed by atoms with E-state index in [0.717, 1.165) is 6.29 Å². The molecule has 0 aromatic rings. The molecule has 1 fully saturated rings. The lowest BCUT2D eigenvalue weighted by molar-refractivity contribution is -0.153. The second-order valence-electron chi connectivity index (χ2n) is 4.42. The summed E-state index contributed by atoms with van der Waals surface area (Å²) in [5.41, 5.74) is 0. The van der Waals surface area contributed by atoms with Gasteiger partial charge in [0.1, 0.15) is 12.7 Å². The van der Waals surface area contributed by atoms with Crippen LogP contribution < -0.4 is 0 Å². The average Bonchev–Trinajstić information content (AvgIpc) is 2.60. The first-order chi connectivity index (χ1) is 8.48. The van der Waals surface area contributed by atoms with Gasteiger partial charge in [0.2, 0.25) is 0 Å². The number of hydrogen-bond donors (Lipinski definition) is 0. The third-order valence-corrected chi connectivity index (χ3v) is 2.43. The predicted molar refractivity (Wildman–Crippen MR) is 62.0 cm³/mol. The van der Waals surface area contributed by atoms with Crippen LogP contribution in [0.25, 0.3) is 0 Å². The van der Waals surface area contributed by atoms with Gasteiger partial charge in [0.05, 0.1) is 12.7 Å². The molecular weight excluding hydrogens is 240 g/mol. The highest BCUT2D eigenvalue weighted by atomic mass is 16.8. The SMILES string of the molecule is CCOC(=O)COCC[C@@H]1OC(C)(C)O[C@@H]1C=O. The van der Waals surface area contributed by atoms with Gasteiger partial charge in [0.25, 0.3) is 0 Å². The lowest BCUT2D eigenvalue weighted by Crippen LogP contribution is -2.26. The molecular formula is C12H20O6. The Balaban J connectivity index is 2.23. The van der Waals surface area contributed by atoms with E-state index in [2.05, 4.69) is 0 Å². The topological polar surface area (TPSA) is 71.1 Å². The van der Waals surface area contributed by atoms with Gasteiger partial charge in [0.15, 0.2) is 12.1 Å². The fourth-order valence-corrected chi connectivity index (χ4v) is 1.76. The monoisotopic (exact) mass is 260 g/mol. The van der Waals surface area contributed by atoms with Crippen molar-refractivity contribution in [2.75, 3.05) is 19.8 Å². The first-order valence-corrected chi connectivity index (χ1v) is 6.03. The van der Waals surface area contributed by atoms with Crippen LogP contribution in [-0.4, -0.2) is 50.1 Å². The van der Waals surface area contributed by atoms with Crippen LogP contribution in [0.3, 0.4) is 0 Å². The predicted octanol–water partition coefficient (Wildman–Crippen LogP) is 0.675. The molecule has 0 aromatic heterocycles. The number of hydrogen-bond acceptors (Lipinski definition) is 6. The summed E-state index contributed by atoms with van der Waals surface area (Å²) in [5.74, 6) is -1.15. The van der Waals surface area contributed by atoms with Gasteiger partial charge in [-0.1, -0.05) is 0 Å². The number of carbonyl (C=O) groups is 2. The van der Waals surface area contributed by atoms with Gasteiger partial charge < -0.3 is 23.7 Å². The lowest BCUT2D eigenvalue weighted by atomic mass is 10.2. The molecule has 1 rings (SSSR count). The molecule has 104 valence electrons. The van der Waals surface area contributed by atoms with E-state index in [1.54, 1.807) is 20.8 Å². The van der Waals surface area contributed by atoms with Crippen LogP contribution in [0.2, 0.25) is 0 Å². The van der Waals surface area contributed by atoms with Crippen molar-refractivity contribution in [2.24, 2.45) is 0 Å². The largest absolute Gasteiger partial charge is 0.464 e. The Bertz CT molecular complexity index is 288. The van der Waals surface area contributed by atoms with Crippen molar-refractivity contribution < 1.29 is 28.5 Å². The van der Waals surface area contributed by atoms with Gasteiger partial charge in [-0.05, 0) is 20.8 Å². The summed E-state index contributed by atoms with van der Waals surface area (Å²) in [6.45, 7) is 5.80. The number of carbonyl (C=O) groups excluding carboxylic acids is 2. The summed E-state index contributed by atoms with van der Waals surface area (Å²) in [5, 5.41) is 0. The standard InChI is InChI=1S/C12H20O6/c1-4-16-11(14)8-15-6-5-9-10(7-13)18-12(2,3)17-9/h7,9-10H,4-6,8H2,1-3H3/t9-,10+/m0/s1. The average molecular weight is 260 g/mol. The van der Waals surface area contributed by atoms with Crippen molar-refractivity contribution in [1.82, 2.24) is 0 Å². The molecule has 2 atom stereocenters. The molecule has 0 spiro atoms. The number of ether oxygens (including phenoxy) is 4. The quantitative estimate of drug-likeness (QED) is 0.381. The van der Waals surface area contributed by atoms with Crippen LogP contribution >= 0.6 is 0 Å². The summed E-state index contributed by atoms with van der Waals surface area (Å²) in [6, 6.07) is 0. The molecule has 0 radical (unpaired) electrons. The summed E-state index contributed by atoms with van der Waals surface area (Å²) in [4.78, 5) is 21.8. The molecule has 1 heterocycles. The van der Waals surface area contributed by atoms with Crippen LogP contribution in [0.5, 0.6) is 0 Å². The van der Waals surface area contributed by atoms with E-state index in [4.69, 9.17) is 18.9 Å². The Labute approximate surface area is 107 Å². The summed E-state index contributed by atoms with van der Waals surface area (Å²) in [6.07, 6.45) is 0.308. The van der Waals surface area contributed by atoms with E-state index in [1.165, 1.54) is 0 Å². The van der Waals surface area contributed by atoms with Crippen molar-refractivity contribution >= 4 is 12.3 Å². The van der Waals surface area contributed by atoms with E-state index in [1.807, 2.05) is 0 Å². The zero-order valence-corrected chi connectivity index (χ0v) is 11.0. The second-order valence-corrected chi connectivity index (χ2v) is 4.42. The van der Waals surface area contributed by atoms with Gasteiger partial charge in [-0.3, -0.25) is 0 Å². The van der Waals surface area contributed by atoms with Crippen molar-refractivity contribution in [3.63, 3.8) is 0 Å². The Morgan fingerprint density at radius 1 is 1.39 bits per heavy atom. The third-order valence-electron chi connectivity index (χ3n) is 2.43. The molecule has 6 nitrogen and oxygen atoms in total. The summed E-state index contributed by atoms with van der Waals surface area (Å²) in [7, 11) is 0. The molecule has 0 unspecified atom stereocenters. The van der Waals surface area contributed by atoms with E-state index in [9.17, 15) is 9.59 Å². The molecule has 0 N–H and O–H groups in total. The van der Waals surface area contributed by atoms with E-state index in [-0.39, 0.29) is 12.7 Å². The minimum Gasteiger partial charge on any atom is -0.464 e. The normalized spacial score (nSPS) is 25.9. The van der Waals surface area contributed by atoms with E-state index < -0.39 is 17.9 Å². The highest BCUT2D eigenvalue weighted by Gasteiger charge is 2.40. The number of rotatable bonds is 7. The van der Waals surface area contributed by atoms with Crippen LogP contribution in [0.1, 0.15) is 27.2 Å². The summed E-state index contributed by atoms with van der Waals surface area (Å²) >= 11 is 0. The van der Waals surface area contributed by atoms with Crippen molar-refractivity contribution in [2.45, 2.75) is 45.2 Å². The van der Waals surface area contributed by atoms with E-state index >= 15 is 0 Å². The van der Waals surface area contributed by atoms with Crippen molar-refractivity contribution in [3.05, 3.63) is 0 Å². The molecule has 0 amide bonds. The van der Waals surface area contributed by atoms with Crippen molar-refractivity contribution in [1.29, 1.82) is 0 Å². The van der Waals surface area contributed by atoms with Crippen LogP contribution in [0, 0.1) is 0 Å². The third kappa shape index (κ3) is 4.72. The highest BCUT2D eigenvalue weighted by Crippen LogP contribution is 2.28. The molecule has 0 aliphatic carbocycles. The molecule has 0 aromatic carbocycles. The van der Waals surface area contributed by atoms with Crippen LogP contribution in [0.4, 0.5) is 0 Å². The Morgan fingerprint density at radius 3 is 2.72 bits per heavy atom. The molecule has 6 heteroatoms. The van der Waals surface area contributed by atoms with Gasteiger partial charge in [-0.2, -0.15) is 0 Å². The van der Waals surface area contributed by atoms with Gasteiger partial charge in [-0.25, -0.2) is 4.79 Å². The molecule has 1 aliphatic heterocycles. The second kappa shape index (κ2) is 6.82. The number of aldehydes is 1. The maximum absolute atomic E-state index is 11.0. The Kier molecular flexibility index (Phi) is 5.71. The fraction of sp³-hybridized carbons (Fsp3) is 0.833. The maximum Gasteiger partial charge on any atom is 0.332 e. The fourth-order valence-electron chi connectivity index (χ4n) is 1.76. The maximum atomic E-state index is 11.0. The molecule has 0 bridgehead atoms. The molecule has 1 aliphatic rings. The highest BCUT2D eigenvalue weighted by molar-refractivity contribution is 5.70. The zero-order valence-electron chi connectivity index (χ0n) is 11.0. The Hall–Kier alpha value is -0.980. The molecule has 18 heavy (non-hydrogen) atoms. The van der Waals surface area contributed by atoms with Crippen LogP contribution in [-0.2, 0) is 28.5 Å². The number of esters is 1. The smallest absolute Gasteiger partial charge is 0.332 e. The van der Waals surface area contributed by atoms with Crippen molar-refractivity contribution in [3.8, 4) is 0 Å². The first kappa shape index (κ1) is 15.1. The summed E-state index contributed by atoms with van der Waals surface area (Å²) < 4.78 is 20.8. The van der Waals surface area contributed by atoms with E-state index in [0.29, 0.717) is 19.6 Å².